The molecule has 1 fully saturated rings. The maximum absolute atomic E-state index is 5.48. The quantitative estimate of drug-likeness (QED) is 0.312. The Balaban J connectivity index is 1.48. The molecule has 1 heteroatoms. The van der Waals surface area contributed by atoms with Crippen LogP contribution in [0.5, 0.6) is 0 Å². The summed E-state index contributed by atoms with van der Waals surface area (Å²) < 4.78 is 0. The van der Waals surface area contributed by atoms with Crippen molar-refractivity contribution in [1.29, 1.82) is 0 Å². The third kappa shape index (κ3) is 6.15. The maximum atomic E-state index is 5.48. The van der Waals surface area contributed by atoms with E-state index in [-0.39, 0.29) is 0 Å². The van der Waals surface area contributed by atoms with Gasteiger partial charge in [-0.05, 0) is 83.9 Å². The van der Waals surface area contributed by atoms with Crippen molar-refractivity contribution in [2.24, 2.45) is 5.92 Å². The molecule has 0 N–H and O–H groups in total. The average Bonchev–Trinajstić information content (AvgIpc) is 2.75. The summed E-state index contributed by atoms with van der Waals surface area (Å²) in [6, 6.07) is 17.5. The van der Waals surface area contributed by atoms with E-state index >= 15 is 0 Å². The molecule has 28 heavy (non-hydrogen) atoms. The van der Waals surface area contributed by atoms with Gasteiger partial charge in [-0.2, -0.15) is 0 Å². The second kappa shape index (κ2) is 11.3. The number of unbranched alkanes of at least 4 members (excludes halogenated alkanes) is 4. The molecule has 0 bridgehead atoms. The zero-order valence-corrected chi connectivity index (χ0v) is 18.0. The van der Waals surface area contributed by atoms with Gasteiger partial charge in [0.05, 0.1) is 0 Å². The van der Waals surface area contributed by atoms with Gasteiger partial charge in [0.1, 0.15) is 0 Å². The van der Waals surface area contributed by atoms with Crippen molar-refractivity contribution in [3.63, 3.8) is 0 Å². The summed E-state index contributed by atoms with van der Waals surface area (Å²) in [7, 11) is 0. The van der Waals surface area contributed by atoms with E-state index in [1.807, 2.05) is 12.1 Å². The molecule has 1 saturated carbocycles. The van der Waals surface area contributed by atoms with Crippen molar-refractivity contribution >= 4 is 11.6 Å². The van der Waals surface area contributed by atoms with Crippen LogP contribution in [-0.4, -0.2) is 0 Å². The van der Waals surface area contributed by atoms with Crippen molar-refractivity contribution in [1.82, 2.24) is 0 Å². The summed E-state index contributed by atoms with van der Waals surface area (Å²) in [6.07, 6.45) is 14.1. The molecular weight excluding hydrogens is 360 g/mol. The van der Waals surface area contributed by atoms with E-state index in [2.05, 4.69) is 54.6 Å². The second-order valence-corrected chi connectivity index (χ2v) is 8.53. The summed E-state index contributed by atoms with van der Waals surface area (Å²) in [6.45, 7) is 2.29. The number of hydrogen-bond acceptors (Lipinski definition) is 0. The first-order valence-corrected chi connectivity index (χ1v) is 11.5. The van der Waals surface area contributed by atoms with E-state index in [1.54, 1.807) is 0 Å². The fraction of sp³-hybridized carbons (Fsp3) is 0.481. The van der Waals surface area contributed by atoms with Gasteiger partial charge in [-0.25, -0.2) is 0 Å². The molecule has 0 spiro atoms. The Morgan fingerprint density at radius 3 is 2.00 bits per heavy atom. The Labute approximate surface area is 176 Å². The lowest BCUT2D eigenvalue weighted by Crippen LogP contribution is -2.13. The zero-order chi connectivity index (χ0) is 19.6. The number of halogens is 1. The predicted molar refractivity (Wildman–Crippen MR) is 123 cm³/mol. The Morgan fingerprint density at radius 1 is 0.786 bits per heavy atom. The predicted octanol–water partition coefficient (Wildman–Crippen LogP) is 8.54. The van der Waals surface area contributed by atoms with E-state index in [9.17, 15) is 0 Å². The first kappa shape index (κ1) is 21.0. The molecular formula is C27H33Cl. The van der Waals surface area contributed by atoms with Crippen LogP contribution in [0.25, 0.3) is 11.1 Å². The molecule has 0 unspecified atom stereocenters. The van der Waals surface area contributed by atoms with Gasteiger partial charge in [0, 0.05) is 10.9 Å². The highest BCUT2D eigenvalue weighted by molar-refractivity contribution is 6.30. The van der Waals surface area contributed by atoms with Crippen molar-refractivity contribution < 1.29 is 0 Å². The smallest absolute Gasteiger partial charge is 0.0258 e. The second-order valence-electron chi connectivity index (χ2n) is 8.34. The molecule has 0 aliphatic heterocycles. The highest BCUT2D eigenvalue weighted by Crippen LogP contribution is 2.38. The number of benzene rings is 2. The van der Waals surface area contributed by atoms with Crippen LogP contribution in [-0.2, 0) is 0 Å². The minimum Gasteiger partial charge on any atom is -0.0654 e. The van der Waals surface area contributed by atoms with Gasteiger partial charge in [0.25, 0.3) is 0 Å². The topological polar surface area (TPSA) is 0 Å². The normalized spacial score (nSPS) is 19.1. The molecule has 3 rings (SSSR count). The standard InChI is InChI=1S/C27H33Cl/c1-2-3-4-5-6-7-22-8-12-24(13-9-22)26-16-18-27(19-17-26)25-14-10-23(11-15-25)20-21-28/h10-11,14-19,22,24H,2-9,12-13H2,1H3/t22-,24-. The Bertz CT molecular complexity index is 753. The van der Waals surface area contributed by atoms with Crippen LogP contribution in [0, 0.1) is 17.2 Å². The van der Waals surface area contributed by atoms with Crippen LogP contribution < -0.4 is 0 Å². The first-order valence-electron chi connectivity index (χ1n) is 11.1. The van der Waals surface area contributed by atoms with Gasteiger partial charge in [-0.15, -0.1) is 0 Å². The van der Waals surface area contributed by atoms with Crippen LogP contribution in [0.2, 0.25) is 0 Å². The summed E-state index contributed by atoms with van der Waals surface area (Å²) in [5, 5.41) is 2.43. The third-order valence-corrected chi connectivity index (χ3v) is 6.45. The van der Waals surface area contributed by atoms with Crippen molar-refractivity contribution in [2.75, 3.05) is 0 Å². The molecule has 0 heterocycles. The molecule has 0 aromatic heterocycles. The average molecular weight is 393 g/mol. The molecule has 0 atom stereocenters. The first-order chi connectivity index (χ1) is 13.8. The monoisotopic (exact) mass is 392 g/mol. The van der Waals surface area contributed by atoms with Crippen LogP contribution in [0.15, 0.2) is 48.5 Å². The lowest BCUT2D eigenvalue weighted by molar-refractivity contribution is 0.302. The Hall–Kier alpha value is -1.71. The zero-order valence-electron chi connectivity index (χ0n) is 17.2. The van der Waals surface area contributed by atoms with E-state index in [0.29, 0.717) is 0 Å². The van der Waals surface area contributed by atoms with Gasteiger partial charge in [-0.1, -0.05) is 81.8 Å². The highest BCUT2D eigenvalue weighted by Gasteiger charge is 2.22. The Kier molecular flexibility index (Phi) is 8.50. The van der Waals surface area contributed by atoms with Crippen molar-refractivity contribution in [2.45, 2.75) is 77.0 Å². The van der Waals surface area contributed by atoms with Crippen LogP contribution >= 0.6 is 11.6 Å². The van der Waals surface area contributed by atoms with Crippen LogP contribution in [0.3, 0.4) is 0 Å². The van der Waals surface area contributed by atoms with Gasteiger partial charge in [0.15, 0.2) is 0 Å². The minimum atomic E-state index is 0.756. The van der Waals surface area contributed by atoms with Gasteiger partial charge in [-0.3, -0.25) is 0 Å². The molecule has 2 aromatic carbocycles. The highest BCUT2D eigenvalue weighted by atomic mass is 35.5. The molecule has 0 saturated heterocycles. The molecule has 148 valence electrons. The van der Waals surface area contributed by atoms with Crippen LogP contribution in [0.1, 0.15) is 88.2 Å². The number of rotatable bonds is 8. The lowest BCUT2D eigenvalue weighted by Gasteiger charge is -2.29. The van der Waals surface area contributed by atoms with E-state index < -0.39 is 0 Å². The van der Waals surface area contributed by atoms with E-state index in [0.717, 1.165) is 17.4 Å². The summed E-state index contributed by atoms with van der Waals surface area (Å²) in [5.74, 6) is 4.61. The summed E-state index contributed by atoms with van der Waals surface area (Å²) in [5.41, 5.74) is 4.99. The minimum absolute atomic E-state index is 0.756. The van der Waals surface area contributed by atoms with Gasteiger partial charge >= 0.3 is 0 Å². The molecule has 0 amide bonds. The summed E-state index contributed by atoms with van der Waals surface area (Å²) in [4.78, 5) is 0. The molecule has 1 aliphatic rings. The van der Waals surface area contributed by atoms with Crippen molar-refractivity contribution in [3.8, 4) is 22.4 Å². The van der Waals surface area contributed by atoms with E-state index in [1.165, 1.54) is 80.9 Å². The molecule has 0 radical (unpaired) electrons. The molecule has 2 aromatic rings. The largest absolute Gasteiger partial charge is 0.0654 e. The number of hydrogen-bond donors (Lipinski definition) is 0. The lowest BCUT2D eigenvalue weighted by atomic mass is 9.77. The molecule has 0 nitrogen and oxygen atoms in total. The molecule has 1 aliphatic carbocycles. The fourth-order valence-corrected chi connectivity index (χ4v) is 4.68. The van der Waals surface area contributed by atoms with Crippen molar-refractivity contribution in [3.05, 3.63) is 59.7 Å². The Morgan fingerprint density at radius 2 is 1.39 bits per heavy atom. The fourth-order valence-electron chi connectivity index (χ4n) is 4.57. The van der Waals surface area contributed by atoms with Gasteiger partial charge in [0.2, 0.25) is 0 Å². The van der Waals surface area contributed by atoms with Gasteiger partial charge < -0.3 is 0 Å². The maximum Gasteiger partial charge on any atom is 0.0258 e. The van der Waals surface area contributed by atoms with E-state index in [4.69, 9.17) is 11.6 Å². The SMILES string of the molecule is CCCCCCC[C@H]1CC[C@H](c2ccc(-c3ccc(C#CCl)cc3)cc2)CC1. The summed E-state index contributed by atoms with van der Waals surface area (Å²) >= 11 is 5.48. The third-order valence-electron chi connectivity index (χ3n) is 6.35. The van der Waals surface area contributed by atoms with Crippen LogP contribution in [0.4, 0.5) is 0 Å².